The van der Waals surface area contributed by atoms with Gasteiger partial charge in [0.05, 0.1) is 24.8 Å². The van der Waals surface area contributed by atoms with Gasteiger partial charge in [-0.2, -0.15) is 0 Å². The first-order valence-corrected chi connectivity index (χ1v) is 6.39. The van der Waals surface area contributed by atoms with Crippen LogP contribution in [0.1, 0.15) is 12.5 Å². The molecule has 19 heavy (non-hydrogen) atoms. The molecule has 1 saturated heterocycles. The Balaban J connectivity index is 2.22. The number of H-pyrrole nitrogens is 1. The first-order valence-electron chi connectivity index (χ1n) is 6.39. The summed E-state index contributed by atoms with van der Waals surface area (Å²) < 4.78 is 6.74. The van der Waals surface area contributed by atoms with Crippen LogP contribution in [0.25, 0.3) is 0 Å². The molecule has 0 aromatic carbocycles. The van der Waals surface area contributed by atoms with E-state index in [2.05, 4.69) is 16.8 Å². The monoisotopic (exact) mass is 269 g/mol. The van der Waals surface area contributed by atoms with Crippen LogP contribution in [0, 0.1) is 6.92 Å². The molecule has 2 N–H and O–H groups in total. The number of rotatable bonds is 3. The Hall–Kier alpha value is -1.60. The fourth-order valence-electron chi connectivity index (χ4n) is 2.21. The predicted octanol–water partition coefficient (Wildman–Crippen LogP) is -0.729. The number of likely N-dealkylation sites (N-methyl/N-ethyl adjacent to an activating group) is 1. The lowest BCUT2D eigenvalue weighted by molar-refractivity contribution is -0.0357. The molecular weight excluding hydrogens is 250 g/mol. The Morgan fingerprint density at radius 2 is 2.21 bits per heavy atom. The van der Waals surface area contributed by atoms with Gasteiger partial charge >= 0.3 is 5.69 Å². The Labute approximate surface area is 110 Å². The average molecular weight is 269 g/mol. The van der Waals surface area contributed by atoms with Crippen LogP contribution in [0.4, 0.5) is 0 Å². The smallest absolute Gasteiger partial charge is 0.331 e. The van der Waals surface area contributed by atoms with E-state index in [1.807, 2.05) is 0 Å². The van der Waals surface area contributed by atoms with Gasteiger partial charge in [-0.25, -0.2) is 4.79 Å². The molecule has 2 rings (SSSR count). The van der Waals surface area contributed by atoms with E-state index in [4.69, 9.17) is 4.74 Å². The van der Waals surface area contributed by atoms with Crippen molar-refractivity contribution in [2.75, 3.05) is 26.2 Å². The van der Waals surface area contributed by atoms with Crippen LogP contribution in [0.15, 0.2) is 9.59 Å². The van der Waals surface area contributed by atoms with Gasteiger partial charge in [0.25, 0.3) is 5.56 Å². The zero-order chi connectivity index (χ0) is 14.0. The fraction of sp³-hybridized carbons (Fsp3) is 0.667. The molecule has 1 atom stereocenters. The van der Waals surface area contributed by atoms with E-state index in [9.17, 15) is 14.7 Å². The summed E-state index contributed by atoms with van der Waals surface area (Å²) in [6.07, 6.45) is -0.164. The van der Waals surface area contributed by atoms with Crippen LogP contribution >= 0.6 is 0 Å². The molecule has 1 unspecified atom stereocenters. The number of morpholine rings is 1. The number of hydrogen-bond acceptors (Lipinski definition) is 5. The number of nitrogens with one attached hydrogen (secondary N) is 1. The van der Waals surface area contributed by atoms with Crippen molar-refractivity contribution in [2.45, 2.75) is 26.5 Å². The average Bonchev–Trinajstić information content (AvgIpc) is 2.41. The molecule has 1 aromatic rings. The van der Waals surface area contributed by atoms with Crippen LogP contribution in [0.5, 0.6) is 5.88 Å². The van der Waals surface area contributed by atoms with E-state index in [1.54, 1.807) is 0 Å². The van der Waals surface area contributed by atoms with Crippen LogP contribution < -0.4 is 11.2 Å². The summed E-state index contributed by atoms with van der Waals surface area (Å²) in [5, 5.41) is 9.89. The third-order valence-corrected chi connectivity index (χ3v) is 3.45. The Bertz CT molecular complexity index is 563. The lowest BCUT2D eigenvalue weighted by Gasteiger charge is -2.32. The maximum atomic E-state index is 11.7. The quantitative estimate of drug-likeness (QED) is 0.755. The van der Waals surface area contributed by atoms with Crippen molar-refractivity contribution < 1.29 is 9.84 Å². The number of aromatic nitrogens is 2. The summed E-state index contributed by atoms with van der Waals surface area (Å²) in [7, 11) is 0. The van der Waals surface area contributed by atoms with Gasteiger partial charge in [-0.15, -0.1) is 0 Å². The molecule has 0 radical (unpaired) electrons. The van der Waals surface area contributed by atoms with E-state index < -0.39 is 11.2 Å². The molecule has 7 heteroatoms. The highest BCUT2D eigenvalue weighted by atomic mass is 16.5. The van der Waals surface area contributed by atoms with Crippen molar-refractivity contribution in [3.8, 4) is 5.88 Å². The third kappa shape index (κ3) is 2.87. The number of aromatic hydroxyl groups is 1. The summed E-state index contributed by atoms with van der Waals surface area (Å²) in [6, 6.07) is 0. The molecule has 1 aromatic heterocycles. The van der Waals surface area contributed by atoms with E-state index in [0.29, 0.717) is 13.2 Å². The molecule has 0 bridgehead atoms. The highest BCUT2D eigenvalue weighted by Gasteiger charge is 2.22. The van der Waals surface area contributed by atoms with Crippen LogP contribution in [-0.2, 0) is 11.3 Å². The highest BCUT2D eigenvalue weighted by molar-refractivity contribution is 5.20. The molecule has 0 spiro atoms. The van der Waals surface area contributed by atoms with E-state index >= 15 is 0 Å². The zero-order valence-corrected chi connectivity index (χ0v) is 11.2. The van der Waals surface area contributed by atoms with Crippen molar-refractivity contribution in [3.05, 3.63) is 26.4 Å². The maximum absolute atomic E-state index is 11.7. The van der Waals surface area contributed by atoms with Crippen LogP contribution in [0.3, 0.4) is 0 Å². The van der Waals surface area contributed by atoms with Crippen molar-refractivity contribution in [3.63, 3.8) is 0 Å². The van der Waals surface area contributed by atoms with E-state index in [-0.39, 0.29) is 24.1 Å². The summed E-state index contributed by atoms with van der Waals surface area (Å²) in [6.45, 7) is 6.89. The normalized spacial score (nSPS) is 20.6. The van der Waals surface area contributed by atoms with Gasteiger partial charge in [-0.3, -0.25) is 19.2 Å². The van der Waals surface area contributed by atoms with Gasteiger partial charge in [-0.05, 0) is 13.5 Å². The molecule has 2 heterocycles. The topological polar surface area (TPSA) is 87.6 Å². The zero-order valence-electron chi connectivity index (χ0n) is 11.2. The fourth-order valence-corrected chi connectivity index (χ4v) is 2.21. The van der Waals surface area contributed by atoms with E-state index in [1.165, 1.54) is 6.92 Å². The van der Waals surface area contributed by atoms with Crippen molar-refractivity contribution in [2.24, 2.45) is 0 Å². The minimum atomic E-state index is -0.606. The SMILES string of the molecule is CCN1CCOC(Cn2c(O)c(C)c(=O)[nH]c2=O)C1. The molecule has 1 fully saturated rings. The molecule has 1 aliphatic heterocycles. The lowest BCUT2D eigenvalue weighted by atomic mass is 10.2. The summed E-state index contributed by atoms with van der Waals surface area (Å²) >= 11 is 0. The van der Waals surface area contributed by atoms with Gasteiger partial charge in [-0.1, -0.05) is 6.92 Å². The Morgan fingerprint density at radius 1 is 1.47 bits per heavy atom. The van der Waals surface area contributed by atoms with E-state index in [0.717, 1.165) is 17.7 Å². The standard InChI is InChI=1S/C12H19N3O4/c1-3-14-4-5-19-9(6-14)7-15-11(17)8(2)10(16)13-12(15)18/h9,17H,3-7H2,1-2H3,(H,13,16,18). The molecule has 1 aliphatic rings. The number of hydrogen-bond donors (Lipinski definition) is 2. The third-order valence-electron chi connectivity index (χ3n) is 3.45. The van der Waals surface area contributed by atoms with Gasteiger partial charge < -0.3 is 9.84 Å². The molecule has 0 amide bonds. The van der Waals surface area contributed by atoms with Crippen LogP contribution in [-0.4, -0.2) is 51.9 Å². The van der Waals surface area contributed by atoms with Crippen molar-refractivity contribution >= 4 is 0 Å². The first kappa shape index (κ1) is 13.8. The molecule has 0 saturated carbocycles. The number of ether oxygens (including phenoxy) is 1. The number of aromatic amines is 1. The first-order chi connectivity index (χ1) is 9.02. The minimum absolute atomic E-state index is 0.141. The van der Waals surface area contributed by atoms with Crippen LogP contribution in [0.2, 0.25) is 0 Å². The number of nitrogens with zero attached hydrogens (tertiary/aromatic N) is 2. The van der Waals surface area contributed by atoms with Gasteiger partial charge in [0.15, 0.2) is 0 Å². The Morgan fingerprint density at radius 3 is 2.89 bits per heavy atom. The van der Waals surface area contributed by atoms with Gasteiger partial charge in [0.2, 0.25) is 5.88 Å². The highest BCUT2D eigenvalue weighted by Crippen LogP contribution is 2.12. The molecule has 106 valence electrons. The summed E-state index contributed by atoms with van der Waals surface area (Å²) in [5.41, 5.74) is -1.02. The predicted molar refractivity (Wildman–Crippen MR) is 69.6 cm³/mol. The largest absolute Gasteiger partial charge is 0.494 e. The van der Waals surface area contributed by atoms with Gasteiger partial charge in [0, 0.05) is 13.1 Å². The summed E-state index contributed by atoms with van der Waals surface area (Å²) in [5.74, 6) is -0.286. The Kier molecular flexibility index (Phi) is 4.06. The molecular formula is C12H19N3O4. The molecule has 7 nitrogen and oxygen atoms in total. The minimum Gasteiger partial charge on any atom is -0.494 e. The second-order valence-electron chi connectivity index (χ2n) is 4.70. The maximum Gasteiger partial charge on any atom is 0.331 e. The second-order valence-corrected chi connectivity index (χ2v) is 4.70. The van der Waals surface area contributed by atoms with Gasteiger partial charge in [0.1, 0.15) is 0 Å². The van der Waals surface area contributed by atoms with Crippen molar-refractivity contribution in [1.82, 2.24) is 14.5 Å². The molecule has 0 aliphatic carbocycles. The second kappa shape index (κ2) is 5.58. The van der Waals surface area contributed by atoms with Crippen molar-refractivity contribution in [1.29, 1.82) is 0 Å². The lowest BCUT2D eigenvalue weighted by Crippen LogP contribution is -2.45. The summed E-state index contributed by atoms with van der Waals surface area (Å²) in [4.78, 5) is 27.5.